The third-order valence-corrected chi connectivity index (χ3v) is 4.44. The van der Waals surface area contributed by atoms with E-state index in [1.807, 2.05) is 0 Å². The Morgan fingerprint density at radius 1 is 1.53 bits per heavy atom. The van der Waals surface area contributed by atoms with Gasteiger partial charge in [-0.25, -0.2) is 0 Å². The lowest BCUT2D eigenvalue weighted by Gasteiger charge is -2.07. The van der Waals surface area contributed by atoms with Crippen LogP contribution in [0.15, 0.2) is 34.4 Å². The molecular formula is C13H17BrN2S. The monoisotopic (exact) mass is 312 g/mol. The zero-order valence-corrected chi connectivity index (χ0v) is 12.3. The highest BCUT2D eigenvalue weighted by Crippen LogP contribution is 2.22. The van der Waals surface area contributed by atoms with Crippen molar-refractivity contribution in [3.63, 3.8) is 0 Å². The van der Waals surface area contributed by atoms with E-state index in [0.717, 1.165) is 23.9 Å². The highest BCUT2D eigenvalue weighted by molar-refractivity contribution is 9.10. The lowest BCUT2D eigenvalue weighted by atomic mass is 10.1. The number of hydrogen-bond acceptors (Lipinski definition) is 2. The van der Waals surface area contributed by atoms with E-state index in [2.05, 4.69) is 57.3 Å². The summed E-state index contributed by atoms with van der Waals surface area (Å²) in [6.45, 7) is 3.09. The molecule has 0 aliphatic rings. The molecule has 2 heterocycles. The van der Waals surface area contributed by atoms with Crippen LogP contribution in [0.3, 0.4) is 0 Å². The van der Waals surface area contributed by atoms with Gasteiger partial charge in [-0.05, 0) is 40.0 Å². The SMILES string of the molecule is CCCC(N)c1ccn(Cc2cc(Br)cs2)c1. The van der Waals surface area contributed by atoms with Crippen LogP contribution in [0.1, 0.15) is 36.2 Å². The molecule has 0 saturated heterocycles. The third-order valence-electron chi connectivity index (χ3n) is 2.76. The maximum Gasteiger partial charge on any atom is 0.0564 e. The van der Waals surface area contributed by atoms with E-state index in [1.165, 1.54) is 10.4 Å². The van der Waals surface area contributed by atoms with Gasteiger partial charge in [0.1, 0.15) is 0 Å². The number of aromatic nitrogens is 1. The van der Waals surface area contributed by atoms with Crippen LogP contribution < -0.4 is 5.73 Å². The lowest BCUT2D eigenvalue weighted by molar-refractivity contribution is 0.636. The summed E-state index contributed by atoms with van der Waals surface area (Å²) in [6.07, 6.45) is 6.45. The summed E-state index contributed by atoms with van der Waals surface area (Å²) in [6, 6.07) is 4.47. The largest absolute Gasteiger partial charge is 0.349 e. The molecule has 4 heteroatoms. The molecule has 2 rings (SSSR count). The molecule has 0 saturated carbocycles. The molecule has 0 aliphatic heterocycles. The number of nitrogens with two attached hydrogens (primary N) is 1. The summed E-state index contributed by atoms with van der Waals surface area (Å²) < 4.78 is 3.36. The van der Waals surface area contributed by atoms with Crippen molar-refractivity contribution < 1.29 is 0 Å². The molecule has 17 heavy (non-hydrogen) atoms. The first-order chi connectivity index (χ1) is 8.19. The Bertz CT molecular complexity index is 475. The van der Waals surface area contributed by atoms with Gasteiger partial charge in [-0.1, -0.05) is 13.3 Å². The number of hydrogen-bond donors (Lipinski definition) is 1. The summed E-state index contributed by atoms with van der Waals surface area (Å²) in [5, 5.41) is 2.11. The van der Waals surface area contributed by atoms with Crippen LogP contribution in [0.4, 0.5) is 0 Å². The highest BCUT2D eigenvalue weighted by Gasteiger charge is 2.07. The smallest absolute Gasteiger partial charge is 0.0564 e. The predicted molar refractivity (Wildman–Crippen MR) is 77.4 cm³/mol. The fourth-order valence-electron chi connectivity index (χ4n) is 1.87. The van der Waals surface area contributed by atoms with E-state index >= 15 is 0 Å². The lowest BCUT2D eigenvalue weighted by Crippen LogP contribution is -2.08. The van der Waals surface area contributed by atoms with Gasteiger partial charge >= 0.3 is 0 Å². The molecule has 2 nitrogen and oxygen atoms in total. The minimum Gasteiger partial charge on any atom is -0.349 e. The fraction of sp³-hybridized carbons (Fsp3) is 0.385. The molecule has 92 valence electrons. The quantitative estimate of drug-likeness (QED) is 0.883. The molecule has 0 aromatic carbocycles. The number of halogens is 1. The van der Waals surface area contributed by atoms with Crippen molar-refractivity contribution in [2.75, 3.05) is 0 Å². The van der Waals surface area contributed by atoms with Crippen LogP contribution in [0, 0.1) is 0 Å². The second-order valence-electron chi connectivity index (χ2n) is 4.24. The van der Waals surface area contributed by atoms with Gasteiger partial charge in [-0.3, -0.25) is 0 Å². The second kappa shape index (κ2) is 5.85. The van der Waals surface area contributed by atoms with Crippen LogP contribution in [0.2, 0.25) is 0 Å². The maximum absolute atomic E-state index is 6.10. The van der Waals surface area contributed by atoms with Crippen molar-refractivity contribution in [1.29, 1.82) is 0 Å². The predicted octanol–water partition coefficient (Wildman–Crippen LogP) is 4.16. The van der Waals surface area contributed by atoms with Crippen LogP contribution in [0.5, 0.6) is 0 Å². The average Bonchev–Trinajstić information content (AvgIpc) is 2.89. The van der Waals surface area contributed by atoms with Crippen LogP contribution >= 0.6 is 27.3 Å². The minimum absolute atomic E-state index is 0.177. The normalized spacial score (nSPS) is 12.9. The first kappa shape index (κ1) is 12.9. The van der Waals surface area contributed by atoms with E-state index in [9.17, 15) is 0 Å². The van der Waals surface area contributed by atoms with Crippen LogP contribution in [-0.2, 0) is 6.54 Å². The first-order valence-electron chi connectivity index (χ1n) is 5.83. The van der Waals surface area contributed by atoms with E-state index in [-0.39, 0.29) is 6.04 Å². The molecule has 2 aromatic heterocycles. The average molecular weight is 313 g/mol. The van der Waals surface area contributed by atoms with E-state index in [1.54, 1.807) is 11.3 Å². The summed E-state index contributed by atoms with van der Waals surface area (Å²) in [5.74, 6) is 0. The maximum atomic E-state index is 6.10. The molecule has 1 unspecified atom stereocenters. The molecule has 1 atom stereocenters. The van der Waals surface area contributed by atoms with Gasteiger partial charge in [0, 0.05) is 33.2 Å². The Balaban J connectivity index is 2.03. The van der Waals surface area contributed by atoms with Crippen molar-refractivity contribution in [3.05, 3.63) is 44.8 Å². The van der Waals surface area contributed by atoms with Crippen molar-refractivity contribution >= 4 is 27.3 Å². The second-order valence-corrected chi connectivity index (χ2v) is 6.16. The Kier molecular flexibility index (Phi) is 4.42. The molecule has 0 amide bonds. The van der Waals surface area contributed by atoms with Crippen LogP contribution in [0.25, 0.3) is 0 Å². The molecule has 2 aromatic rings. The Hall–Kier alpha value is -0.580. The minimum atomic E-state index is 0.177. The van der Waals surface area contributed by atoms with Gasteiger partial charge in [-0.15, -0.1) is 11.3 Å². The van der Waals surface area contributed by atoms with Crippen LogP contribution in [-0.4, -0.2) is 4.57 Å². The third kappa shape index (κ3) is 3.44. The van der Waals surface area contributed by atoms with Gasteiger partial charge < -0.3 is 10.3 Å². The van der Waals surface area contributed by atoms with Gasteiger partial charge in [0.25, 0.3) is 0 Å². The zero-order chi connectivity index (χ0) is 12.3. The summed E-state index contributed by atoms with van der Waals surface area (Å²) in [7, 11) is 0. The van der Waals surface area contributed by atoms with Gasteiger partial charge in [0.05, 0.1) is 6.54 Å². The van der Waals surface area contributed by atoms with Gasteiger partial charge in [-0.2, -0.15) is 0 Å². The molecule has 0 spiro atoms. The van der Waals surface area contributed by atoms with E-state index in [0.29, 0.717) is 0 Å². The summed E-state index contributed by atoms with van der Waals surface area (Å²) in [4.78, 5) is 1.35. The molecular weight excluding hydrogens is 296 g/mol. The van der Waals surface area contributed by atoms with Crippen molar-refractivity contribution in [2.24, 2.45) is 5.73 Å². The molecule has 0 aliphatic carbocycles. The van der Waals surface area contributed by atoms with Crippen molar-refractivity contribution in [1.82, 2.24) is 4.57 Å². The molecule has 2 N–H and O–H groups in total. The molecule has 0 bridgehead atoms. The van der Waals surface area contributed by atoms with Crippen molar-refractivity contribution in [2.45, 2.75) is 32.4 Å². The Morgan fingerprint density at radius 2 is 2.35 bits per heavy atom. The van der Waals surface area contributed by atoms with E-state index < -0.39 is 0 Å². The number of rotatable bonds is 5. The standard InChI is InChI=1S/C13H17BrN2S/c1-2-3-13(15)10-4-5-16(7-10)8-12-6-11(14)9-17-12/h4-7,9,13H,2-3,8,15H2,1H3. The molecule has 0 fully saturated rings. The van der Waals surface area contributed by atoms with Crippen molar-refractivity contribution in [3.8, 4) is 0 Å². The van der Waals surface area contributed by atoms with Gasteiger partial charge in [0.15, 0.2) is 0 Å². The molecule has 0 radical (unpaired) electrons. The highest BCUT2D eigenvalue weighted by atomic mass is 79.9. The van der Waals surface area contributed by atoms with Gasteiger partial charge in [0.2, 0.25) is 0 Å². The fourth-order valence-corrected chi connectivity index (χ4v) is 3.33. The Labute approximate surface area is 115 Å². The Morgan fingerprint density at radius 3 is 3.00 bits per heavy atom. The number of nitrogens with zero attached hydrogens (tertiary/aromatic N) is 1. The zero-order valence-electron chi connectivity index (χ0n) is 9.90. The first-order valence-corrected chi connectivity index (χ1v) is 7.50. The van der Waals surface area contributed by atoms with E-state index in [4.69, 9.17) is 5.73 Å². The topological polar surface area (TPSA) is 30.9 Å². The summed E-state index contributed by atoms with van der Waals surface area (Å²) >= 11 is 5.25. The number of thiophene rings is 1. The summed E-state index contributed by atoms with van der Waals surface area (Å²) in [5.41, 5.74) is 7.34.